The second kappa shape index (κ2) is 10.1. The molecule has 0 spiro atoms. The minimum absolute atomic E-state index is 0.0128. The summed E-state index contributed by atoms with van der Waals surface area (Å²) in [5, 5.41) is 8.72. The van der Waals surface area contributed by atoms with Crippen LogP contribution in [0.1, 0.15) is 18.7 Å². The highest BCUT2D eigenvalue weighted by atomic mass is 32.1. The number of carbonyl (C=O) groups excluding carboxylic acids is 2. The van der Waals surface area contributed by atoms with Gasteiger partial charge in [0.25, 0.3) is 0 Å². The van der Waals surface area contributed by atoms with Gasteiger partial charge in [0.15, 0.2) is 0 Å². The van der Waals surface area contributed by atoms with Crippen LogP contribution in [0.15, 0.2) is 34.7 Å². The topological polar surface area (TPSA) is 91.6 Å². The van der Waals surface area contributed by atoms with E-state index in [-0.39, 0.29) is 11.8 Å². The van der Waals surface area contributed by atoms with Crippen LogP contribution in [-0.4, -0.2) is 71.0 Å². The van der Waals surface area contributed by atoms with Gasteiger partial charge in [0.1, 0.15) is 0 Å². The Morgan fingerprint density at radius 1 is 1.32 bits per heavy atom. The van der Waals surface area contributed by atoms with E-state index in [1.807, 2.05) is 22.4 Å². The highest BCUT2D eigenvalue weighted by Crippen LogP contribution is 2.21. The van der Waals surface area contributed by atoms with Crippen LogP contribution in [0.5, 0.6) is 0 Å². The van der Waals surface area contributed by atoms with Gasteiger partial charge in [-0.2, -0.15) is 4.98 Å². The van der Waals surface area contributed by atoms with Crippen LogP contribution in [0.3, 0.4) is 0 Å². The number of hydrogen-bond donors (Lipinski definition) is 1. The lowest BCUT2D eigenvalue weighted by Crippen LogP contribution is -2.51. The van der Waals surface area contributed by atoms with E-state index in [4.69, 9.17) is 4.52 Å². The van der Waals surface area contributed by atoms with Crippen molar-refractivity contribution in [1.82, 2.24) is 25.3 Å². The number of amides is 2. The van der Waals surface area contributed by atoms with Gasteiger partial charge in [0, 0.05) is 45.6 Å². The minimum atomic E-state index is -0.0128. The molecule has 9 heteroatoms. The maximum Gasteiger partial charge on any atom is 0.234 e. The van der Waals surface area contributed by atoms with E-state index in [2.05, 4.69) is 26.9 Å². The number of piperazine rings is 1. The maximum absolute atomic E-state index is 12.4. The van der Waals surface area contributed by atoms with Crippen molar-refractivity contribution in [3.05, 3.63) is 36.1 Å². The number of aryl methyl sites for hydroxylation is 1. The van der Waals surface area contributed by atoms with E-state index in [1.165, 1.54) is 0 Å². The van der Waals surface area contributed by atoms with Crippen molar-refractivity contribution in [2.45, 2.75) is 19.3 Å². The quantitative estimate of drug-likeness (QED) is 0.639. The van der Waals surface area contributed by atoms with Gasteiger partial charge in [-0.3, -0.25) is 14.5 Å². The number of nitrogens with one attached hydrogen (secondary N) is 1. The van der Waals surface area contributed by atoms with Crippen LogP contribution in [0.2, 0.25) is 0 Å². The molecule has 1 saturated heterocycles. The summed E-state index contributed by atoms with van der Waals surface area (Å²) in [5.74, 6) is 1.28. The lowest BCUT2D eigenvalue weighted by atomic mass is 10.2. The summed E-state index contributed by atoms with van der Waals surface area (Å²) in [4.78, 5) is 33.4. The lowest BCUT2D eigenvalue weighted by Gasteiger charge is -2.34. The number of thiophene rings is 1. The number of hydrogen-bond acceptors (Lipinski definition) is 7. The Morgan fingerprint density at radius 2 is 2.14 bits per heavy atom. The van der Waals surface area contributed by atoms with E-state index in [0.717, 1.165) is 4.88 Å². The van der Waals surface area contributed by atoms with Crippen molar-refractivity contribution in [2.24, 2.45) is 0 Å². The van der Waals surface area contributed by atoms with E-state index < -0.39 is 0 Å². The van der Waals surface area contributed by atoms with Crippen LogP contribution >= 0.6 is 11.3 Å². The molecule has 2 amide bonds. The Hall–Kier alpha value is -2.52. The third kappa shape index (κ3) is 5.74. The fraction of sp³-hybridized carbons (Fsp3) is 0.474. The third-order valence-corrected chi connectivity index (χ3v) is 5.39. The Morgan fingerprint density at radius 3 is 2.86 bits per heavy atom. The molecule has 1 fully saturated rings. The molecule has 0 saturated carbocycles. The van der Waals surface area contributed by atoms with Gasteiger partial charge >= 0.3 is 0 Å². The molecular formula is C19H25N5O3S. The Kier molecular flexibility index (Phi) is 7.32. The van der Waals surface area contributed by atoms with Gasteiger partial charge in [-0.1, -0.05) is 17.3 Å². The number of aromatic nitrogens is 2. The molecule has 1 aliphatic heterocycles. The average Bonchev–Trinajstić information content (AvgIpc) is 3.38. The molecule has 28 heavy (non-hydrogen) atoms. The van der Waals surface area contributed by atoms with Gasteiger partial charge in [0.2, 0.25) is 23.5 Å². The van der Waals surface area contributed by atoms with E-state index in [1.54, 1.807) is 17.4 Å². The molecule has 3 rings (SSSR count). The van der Waals surface area contributed by atoms with Crippen molar-refractivity contribution in [2.75, 3.05) is 39.3 Å². The van der Waals surface area contributed by atoms with Crippen molar-refractivity contribution >= 4 is 23.2 Å². The first-order chi connectivity index (χ1) is 13.7. The standard InChI is InChI=1S/C19H25N5O3S/c1-2-8-20-16(25)14-23-9-11-24(12-10-23)18(26)7-3-6-17-21-19(22-27-17)15-5-4-13-28-15/h2,4-5,13H,1,3,6-12,14H2,(H,20,25). The summed E-state index contributed by atoms with van der Waals surface area (Å²) < 4.78 is 5.26. The minimum Gasteiger partial charge on any atom is -0.352 e. The molecule has 0 aliphatic carbocycles. The Labute approximate surface area is 168 Å². The molecule has 0 aromatic carbocycles. The van der Waals surface area contributed by atoms with Gasteiger partial charge in [-0.05, 0) is 17.9 Å². The van der Waals surface area contributed by atoms with Crippen LogP contribution in [0, 0.1) is 0 Å². The zero-order chi connectivity index (χ0) is 19.8. The van der Waals surface area contributed by atoms with E-state index in [0.29, 0.717) is 70.2 Å². The molecule has 3 heterocycles. The Balaban J connectivity index is 1.35. The molecule has 2 aromatic rings. The van der Waals surface area contributed by atoms with Crippen LogP contribution < -0.4 is 5.32 Å². The number of carbonyl (C=O) groups is 2. The van der Waals surface area contributed by atoms with Gasteiger partial charge in [-0.15, -0.1) is 17.9 Å². The van der Waals surface area contributed by atoms with Crippen molar-refractivity contribution in [3.8, 4) is 10.7 Å². The predicted octanol–water partition coefficient (Wildman–Crippen LogP) is 1.57. The molecule has 0 radical (unpaired) electrons. The first kappa shape index (κ1) is 20.2. The summed E-state index contributed by atoms with van der Waals surface area (Å²) in [6.07, 6.45) is 3.38. The van der Waals surface area contributed by atoms with Crippen LogP contribution in [0.25, 0.3) is 10.7 Å². The second-order valence-electron chi connectivity index (χ2n) is 6.59. The molecule has 0 unspecified atom stereocenters. The summed E-state index contributed by atoms with van der Waals surface area (Å²) in [7, 11) is 0. The molecular weight excluding hydrogens is 378 g/mol. The second-order valence-corrected chi connectivity index (χ2v) is 7.54. The number of rotatable bonds is 9. The van der Waals surface area contributed by atoms with Gasteiger partial charge < -0.3 is 14.7 Å². The molecule has 0 bridgehead atoms. The third-order valence-electron chi connectivity index (χ3n) is 4.53. The van der Waals surface area contributed by atoms with Crippen LogP contribution in [0.4, 0.5) is 0 Å². The summed E-state index contributed by atoms with van der Waals surface area (Å²) in [5.41, 5.74) is 0. The maximum atomic E-state index is 12.4. The first-order valence-electron chi connectivity index (χ1n) is 9.40. The SMILES string of the molecule is C=CCNC(=O)CN1CCN(C(=O)CCCc2nc(-c3cccs3)no2)CC1. The van der Waals surface area contributed by atoms with Crippen molar-refractivity contribution < 1.29 is 14.1 Å². The molecule has 1 aliphatic rings. The lowest BCUT2D eigenvalue weighted by molar-refractivity contribution is -0.133. The zero-order valence-electron chi connectivity index (χ0n) is 15.8. The smallest absolute Gasteiger partial charge is 0.234 e. The number of nitrogens with zero attached hydrogens (tertiary/aromatic N) is 4. The molecule has 0 atom stereocenters. The van der Waals surface area contributed by atoms with Gasteiger partial charge in [0.05, 0.1) is 11.4 Å². The van der Waals surface area contributed by atoms with Crippen molar-refractivity contribution in [1.29, 1.82) is 0 Å². The van der Waals surface area contributed by atoms with E-state index in [9.17, 15) is 9.59 Å². The molecule has 1 N–H and O–H groups in total. The van der Waals surface area contributed by atoms with Crippen LogP contribution in [-0.2, 0) is 16.0 Å². The highest BCUT2D eigenvalue weighted by molar-refractivity contribution is 7.13. The van der Waals surface area contributed by atoms with Gasteiger partial charge in [-0.25, -0.2) is 0 Å². The fourth-order valence-electron chi connectivity index (χ4n) is 3.01. The first-order valence-corrected chi connectivity index (χ1v) is 10.3. The molecule has 150 valence electrons. The largest absolute Gasteiger partial charge is 0.352 e. The molecule has 2 aromatic heterocycles. The summed E-state index contributed by atoms with van der Waals surface area (Å²) >= 11 is 1.57. The van der Waals surface area contributed by atoms with Crippen molar-refractivity contribution in [3.63, 3.8) is 0 Å². The Bertz CT molecular complexity index is 781. The normalized spacial score (nSPS) is 14.8. The molecule has 8 nitrogen and oxygen atoms in total. The zero-order valence-corrected chi connectivity index (χ0v) is 16.6. The summed E-state index contributed by atoms with van der Waals surface area (Å²) in [6.45, 7) is 7.14. The summed E-state index contributed by atoms with van der Waals surface area (Å²) in [6, 6.07) is 3.90. The average molecular weight is 404 g/mol. The fourth-order valence-corrected chi connectivity index (χ4v) is 3.66. The predicted molar refractivity (Wildman–Crippen MR) is 107 cm³/mol. The monoisotopic (exact) mass is 403 g/mol. The highest BCUT2D eigenvalue weighted by Gasteiger charge is 2.22. The van der Waals surface area contributed by atoms with E-state index >= 15 is 0 Å².